The van der Waals surface area contributed by atoms with E-state index in [-0.39, 0.29) is 18.9 Å². The molecule has 0 spiro atoms. The van der Waals surface area contributed by atoms with Gasteiger partial charge in [0.1, 0.15) is 12.4 Å². The number of carbonyl (C=O) groups is 1. The van der Waals surface area contributed by atoms with Crippen LogP contribution in [0.4, 0.5) is 11.4 Å². The smallest absolute Gasteiger partial charge is 0.232 e. The number of carbonyl (C=O) groups excluding carboxylic acids is 1. The third kappa shape index (κ3) is 7.08. The molecule has 3 aromatic rings. The van der Waals surface area contributed by atoms with Crippen molar-refractivity contribution in [2.24, 2.45) is 0 Å². The first-order valence-electron chi connectivity index (χ1n) is 10.8. The predicted molar refractivity (Wildman–Crippen MR) is 133 cm³/mol. The van der Waals surface area contributed by atoms with Crippen molar-refractivity contribution >= 4 is 27.3 Å². The van der Waals surface area contributed by atoms with Crippen LogP contribution in [0.3, 0.4) is 0 Å². The molecule has 0 aromatic heterocycles. The molecule has 0 saturated carbocycles. The fourth-order valence-electron chi connectivity index (χ4n) is 3.45. The van der Waals surface area contributed by atoms with Crippen LogP contribution in [0.2, 0.25) is 0 Å². The molecule has 174 valence electrons. The van der Waals surface area contributed by atoms with E-state index in [1.807, 2.05) is 68.4 Å². The third-order valence-electron chi connectivity index (χ3n) is 5.40. The van der Waals surface area contributed by atoms with Gasteiger partial charge in [0.15, 0.2) is 0 Å². The zero-order valence-corrected chi connectivity index (χ0v) is 20.1. The van der Waals surface area contributed by atoms with Crippen LogP contribution >= 0.6 is 0 Å². The monoisotopic (exact) mass is 466 g/mol. The van der Waals surface area contributed by atoms with Crippen molar-refractivity contribution in [2.45, 2.75) is 33.3 Å². The minimum absolute atomic E-state index is 0.164. The normalized spacial score (nSPS) is 11.1. The predicted octanol–water partition coefficient (Wildman–Crippen LogP) is 5.07. The van der Waals surface area contributed by atoms with Gasteiger partial charge >= 0.3 is 0 Å². The number of amides is 1. The maximum absolute atomic E-state index is 12.4. The van der Waals surface area contributed by atoms with Gasteiger partial charge in [0.05, 0.1) is 11.9 Å². The standard InChI is InChI=1S/C26H30N2O4S/c1-20-9-7-12-25(21(20)2)28(33(3,30)31)18-8-13-26(29)27-23-14-16-24(17-15-23)32-19-22-10-5-4-6-11-22/h4-7,9-12,14-17H,8,13,18-19H2,1-3H3,(H,27,29). The average Bonchev–Trinajstić information content (AvgIpc) is 2.78. The Morgan fingerprint density at radius 1 is 0.939 bits per heavy atom. The van der Waals surface area contributed by atoms with E-state index in [1.54, 1.807) is 18.2 Å². The molecule has 7 heteroatoms. The minimum atomic E-state index is -3.46. The maximum atomic E-state index is 12.4. The molecule has 0 heterocycles. The Balaban J connectivity index is 1.51. The van der Waals surface area contributed by atoms with Crippen LogP contribution < -0.4 is 14.4 Å². The lowest BCUT2D eigenvalue weighted by Crippen LogP contribution is -2.32. The van der Waals surface area contributed by atoms with Crippen LogP contribution in [0.5, 0.6) is 5.75 Å². The molecule has 0 radical (unpaired) electrons. The van der Waals surface area contributed by atoms with Gasteiger partial charge in [-0.25, -0.2) is 8.42 Å². The highest BCUT2D eigenvalue weighted by Crippen LogP contribution is 2.25. The van der Waals surface area contributed by atoms with E-state index in [4.69, 9.17) is 4.74 Å². The molecule has 1 amide bonds. The minimum Gasteiger partial charge on any atom is -0.489 e. The fraction of sp³-hybridized carbons (Fsp3) is 0.269. The first-order valence-corrected chi connectivity index (χ1v) is 12.7. The van der Waals surface area contributed by atoms with E-state index in [0.717, 1.165) is 16.7 Å². The van der Waals surface area contributed by atoms with Crippen LogP contribution in [0.25, 0.3) is 0 Å². The van der Waals surface area contributed by atoms with Crippen LogP contribution in [0.15, 0.2) is 72.8 Å². The highest BCUT2D eigenvalue weighted by atomic mass is 32.2. The summed E-state index contributed by atoms with van der Waals surface area (Å²) in [5.74, 6) is 0.552. The van der Waals surface area contributed by atoms with Gasteiger partial charge in [-0.3, -0.25) is 9.10 Å². The molecule has 3 rings (SSSR count). The number of nitrogens with one attached hydrogen (secondary N) is 1. The number of nitrogens with zero attached hydrogens (tertiary/aromatic N) is 1. The Morgan fingerprint density at radius 2 is 1.64 bits per heavy atom. The van der Waals surface area contributed by atoms with Crippen molar-refractivity contribution < 1.29 is 17.9 Å². The molecule has 0 bridgehead atoms. The zero-order valence-electron chi connectivity index (χ0n) is 19.2. The number of aryl methyl sites for hydroxylation is 1. The third-order valence-corrected chi connectivity index (χ3v) is 6.58. The first-order chi connectivity index (χ1) is 15.7. The Bertz CT molecular complexity index is 1180. The molecular weight excluding hydrogens is 436 g/mol. The second kappa shape index (κ2) is 11.0. The van der Waals surface area contributed by atoms with Gasteiger partial charge in [-0.1, -0.05) is 42.5 Å². The van der Waals surface area contributed by atoms with Gasteiger partial charge in [-0.05, 0) is 67.3 Å². The van der Waals surface area contributed by atoms with Crippen LogP contribution in [0.1, 0.15) is 29.5 Å². The summed E-state index contributed by atoms with van der Waals surface area (Å²) in [4.78, 5) is 12.4. The van der Waals surface area contributed by atoms with Crippen LogP contribution in [-0.2, 0) is 21.4 Å². The van der Waals surface area contributed by atoms with Gasteiger partial charge in [-0.2, -0.15) is 0 Å². The van der Waals surface area contributed by atoms with Crippen molar-refractivity contribution in [3.63, 3.8) is 0 Å². The van der Waals surface area contributed by atoms with Crippen molar-refractivity contribution in [3.05, 3.63) is 89.5 Å². The fourth-order valence-corrected chi connectivity index (χ4v) is 4.47. The zero-order chi connectivity index (χ0) is 23.8. The molecule has 6 nitrogen and oxygen atoms in total. The molecule has 0 atom stereocenters. The molecule has 0 aliphatic heterocycles. The number of anilines is 2. The van der Waals surface area contributed by atoms with Crippen molar-refractivity contribution in [2.75, 3.05) is 22.4 Å². The second-order valence-electron chi connectivity index (χ2n) is 8.00. The summed E-state index contributed by atoms with van der Waals surface area (Å²) in [6.45, 7) is 4.57. The van der Waals surface area contributed by atoms with E-state index in [0.29, 0.717) is 30.2 Å². The largest absolute Gasteiger partial charge is 0.489 e. The summed E-state index contributed by atoms with van der Waals surface area (Å²) in [7, 11) is -3.46. The first kappa shape index (κ1) is 24.3. The summed E-state index contributed by atoms with van der Waals surface area (Å²) in [6.07, 6.45) is 1.81. The van der Waals surface area contributed by atoms with Crippen molar-refractivity contribution in [1.29, 1.82) is 0 Å². The summed E-state index contributed by atoms with van der Waals surface area (Å²) >= 11 is 0. The van der Waals surface area contributed by atoms with Gasteiger partial charge in [-0.15, -0.1) is 0 Å². The topological polar surface area (TPSA) is 75.7 Å². The Hall–Kier alpha value is -3.32. The van der Waals surface area contributed by atoms with Gasteiger partial charge in [0.2, 0.25) is 15.9 Å². The number of sulfonamides is 1. The molecule has 33 heavy (non-hydrogen) atoms. The van der Waals surface area contributed by atoms with E-state index in [2.05, 4.69) is 5.32 Å². The van der Waals surface area contributed by atoms with Crippen molar-refractivity contribution in [1.82, 2.24) is 0 Å². The second-order valence-corrected chi connectivity index (χ2v) is 9.91. The molecular formula is C26H30N2O4S. The van der Waals surface area contributed by atoms with E-state index in [1.165, 1.54) is 10.6 Å². The molecule has 0 aliphatic rings. The number of hydrogen-bond acceptors (Lipinski definition) is 4. The van der Waals surface area contributed by atoms with Crippen LogP contribution in [0, 0.1) is 13.8 Å². The number of ether oxygens (including phenoxy) is 1. The van der Waals surface area contributed by atoms with Crippen LogP contribution in [-0.4, -0.2) is 27.1 Å². The number of rotatable bonds is 10. The molecule has 0 saturated heterocycles. The molecule has 1 N–H and O–H groups in total. The van der Waals surface area contributed by atoms with Gasteiger partial charge in [0, 0.05) is 18.7 Å². The summed E-state index contributed by atoms with van der Waals surface area (Å²) in [5.41, 5.74) is 4.35. The number of benzene rings is 3. The van der Waals surface area contributed by atoms with Gasteiger partial charge in [0.25, 0.3) is 0 Å². The Labute approximate surface area is 196 Å². The average molecular weight is 467 g/mol. The van der Waals surface area contributed by atoms with E-state index < -0.39 is 10.0 Å². The van der Waals surface area contributed by atoms with Gasteiger partial charge < -0.3 is 10.1 Å². The molecule has 0 unspecified atom stereocenters. The Morgan fingerprint density at radius 3 is 2.30 bits per heavy atom. The summed E-state index contributed by atoms with van der Waals surface area (Å²) in [6, 6.07) is 22.7. The lowest BCUT2D eigenvalue weighted by Gasteiger charge is -2.24. The van der Waals surface area contributed by atoms with E-state index >= 15 is 0 Å². The summed E-state index contributed by atoms with van der Waals surface area (Å²) in [5, 5.41) is 2.85. The highest BCUT2D eigenvalue weighted by Gasteiger charge is 2.20. The molecule has 0 aliphatic carbocycles. The number of hydrogen-bond donors (Lipinski definition) is 1. The quantitative estimate of drug-likeness (QED) is 0.453. The lowest BCUT2D eigenvalue weighted by atomic mass is 10.1. The molecule has 3 aromatic carbocycles. The summed E-state index contributed by atoms with van der Waals surface area (Å²) < 4.78 is 31.8. The maximum Gasteiger partial charge on any atom is 0.232 e. The Kier molecular flexibility index (Phi) is 8.11. The van der Waals surface area contributed by atoms with E-state index in [9.17, 15) is 13.2 Å². The lowest BCUT2D eigenvalue weighted by molar-refractivity contribution is -0.116. The molecule has 0 fully saturated rings. The van der Waals surface area contributed by atoms with Crippen molar-refractivity contribution in [3.8, 4) is 5.75 Å². The highest BCUT2D eigenvalue weighted by molar-refractivity contribution is 7.92. The SMILES string of the molecule is Cc1cccc(N(CCCC(=O)Nc2ccc(OCc3ccccc3)cc2)S(C)(=O)=O)c1C.